The zero-order valence-electron chi connectivity index (χ0n) is 19.5. The number of nitrogens with zero attached hydrogens (tertiary/aromatic N) is 1. The molecule has 8 nitrogen and oxygen atoms in total. The van der Waals surface area contributed by atoms with Gasteiger partial charge in [-0.05, 0) is 55.2 Å². The number of phenols is 1. The number of phenolic OH excluding ortho intramolecular Hbond substituents is 1. The lowest BCUT2D eigenvalue weighted by molar-refractivity contribution is -0.152. The number of methoxy groups -OCH3 is 2. The molecule has 4 atom stereocenters. The standard InChI is InChI=1S/C25H28N2O6S/c1-14-5-8-16(9-6-14)27-22(29)19-20(23(27)30)25(11-12-34-4,24(31)33-3)26-21(19)15-7-10-17(28)18(13-15)32-2/h5-10,13,19-21,26,28H,11-12H2,1-4H3/t19-,20-,21-,25-/m1/s1. The second-order valence-corrected chi connectivity index (χ2v) is 9.60. The van der Waals surface area contributed by atoms with Crippen molar-refractivity contribution in [3.63, 3.8) is 0 Å². The molecule has 2 aromatic rings. The van der Waals surface area contributed by atoms with Gasteiger partial charge in [-0.1, -0.05) is 23.8 Å². The fourth-order valence-electron chi connectivity index (χ4n) is 5.09. The van der Waals surface area contributed by atoms with Crippen LogP contribution in [0.3, 0.4) is 0 Å². The number of hydrogen-bond acceptors (Lipinski definition) is 8. The molecule has 9 heteroatoms. The molecule has 2 N–H and O–H groups in total. The summed E-state index contributed by atoms with van der Waals surface area (Å²) in [6.07, 6.45) is 2.23. The first-order chi connectivity index (χ1) is 16.3. The van der Waals surface area contributed by atoms with Crippen LogP contribution in [0.25, 0.3) is 0 Å². The highest BCUT2D eigenvalue weighted by atomic mass is 32.2. The van der Waals surface area contributed by atoms with Crippen molar-refractivity contribution in [1.82, 2.24) is 5.32 Å². The van der Waals surface area contributed by atoms with E-state index in [1.165, 1.54) is 25.2 Å². The Morgan fingerprint density at radius 1 is 1.15 bits per heavy atom. The molecular weight excluding hydrogens is 456 g/mol. The van der Waals surface area contributed by atoms with Gasteiger partial charge in [-0.3, -0.25) is 19.7 Å². The van der Waals surface area contributed by atoms with Gasteiger partial charge in [0.1, 0.15) is 5.54 Å². The van der Waals surface area contributed by atoms with E-state index in [1.54, 1.807) is 36.0 Å². The van der Waals surface area contributed by atoms with Gasteiger partial charge in [0.2, 0.25) is 11.8 Å². The zero-order valence-corrected chi connectivity index (χ0v) is 20.3. The maximum absolute atomic E-state index is 13.8. The Labute approximate surface area is 202 Å². The number of benzene rings is 2. The highest BCUT2D eigenvalue weighted by Gasteiger charge is 2.68. The predicted molar refractivity (Wildman–Crippen MR) is 129 cm³/mol. The quantitative estimate of drug-likeness (QED) is 0.457. The number of nitrogens with one attached hydrogen (secondary N) is 1. The Hall–Kier alpha value is -3.04. The first kappa shape index (κ1) is 24.1. The average molecular weight is 485 g/mol. The molecule has 2 saturated heterocycles. The van der Waals surface area contributed by atoms with Gasteiger partial charge in [-0.15, -0.1) is 0 Å². The minimum Gasteiger partial charge on any atom is -0.504 e. The summed E-state index contributed by atoms with van der Waals surface area (Å²) in [4.78, 5) is 42.0. The van der Waals surface area contributed by atoms with Crippen molar-refractivity contribution in [2.75, 3.05) is 31.1 Å². The smallest absolute Gasteiger partial charge is 0.326 e. The number of fused-ring (bicyclic) bond motifs is 1. The van der Waals surface area contributed by atoms with Crippen molar-refractivity contribution >= 4 is 35.2 Å². The molecule has 2 amide bonds. The van der Waals surface area contributed by atoms with Crippen LogP contribution in [0, 0.1) is 18.8 Å². The van der Waals surface area contributed by atoms with E-state index < -0.39 is 35.3 Å². The lowest BCUT2D eigenvalue weighted by Crippen LogP contribution is -2.56. The minimum absolute atomic E-state index is 0.0440. The normalized spacial score (nSPS) is 26.0. The van der Waals surface area contributed by atoms with Crippen LogP contribution < -0.4 is 15.0 Å². The maximum Gasteiger partial charge on any atom is 0.326 e. The summed E-state index contributed by atoms with van der Waals surface area (Å²) in [5.41, 5.74) is 0.736. The van der Waals surface area contributed by atoms with Crippen LogP contribution in [-0.2, 0) is 19.1 Å². The van der Waals surface area contributed by atoms with E-state index in [0.717, 1.165) is 5.56 Å². The summed E-state index contributed by atoms with van der Waals surface area (Å²) in [5.74, 6) is -2.36. The van der Waals surface area contributed by atoms with Gasteiger partial charge in [0.25, 0.3) is 0 Å². The Balaban J connectivity index is 1.87. The molecule has 0 aliphatic carbocycles. The summed E-state index contributed by atoms with van der Waals surface area (Å²) < 4.78 is 10.4. The molecule has 34 heavy (non-hydrogen) atoms. The third-order valence-corrected chi connectivity index (χ3v) is 7.37. The molecular formula is C25H28N2O6S. The topological polar surface area (TPSA) is 105 Å². The van der Waals surface area contributed by atoms with Gasteiger partial charge in [-0.25, -0.2) is 4.90 Å². The highest BCUT2D eigenvalue weighted by molar-refractivity contribution is 7.98. The Bertz CT molecular complexity index is 1120. The number of amides is 2. The van der Waals surface area contributed by atoms with Crippen LogP contribution in [-0.4, -0.2) is 54.7 Å². The molecule has 2 aromatic carbocycles. The number of thioether (sulfide) groups is 1. The molecule has 4 rings (SSSR count). The molecule has 2 aliphatic heterocycles. The number of carbonyl (C=O) groups is 3. The predicted octanol–water partition coefficient (Wildman–Crippen LogP) is 2.82. The van der Waals surface area contributed by atoms with Crippen molar-refractivity contribution in [2.24, 2.45) is 11.8 Å². The molecule has 0 aromatic heterocycles. The lowest BCUT2D eigenvalue weighted by atomic mass is 9.78. The zero-order chi connectivity index (χ0) is 24.6. The van der Waals surface area contributed by atoms with Crippen LogP contribution in [0.4, 0.5) is 5.69 Å². The molecule has 2 aliphatic rings. The summed E-state index contributed by atoms with van der Waals surface area (Å²) >= 11 is 1.54. The van der Waals surface area contributed by atoms with E-state index in [0.29, 0.717) is 23.4 Å². The largest absolute Gasteiger partial charge is 0.504 e. The fraction of sp³-hybridized carbons (Fsp3) is 0.400. The first-order valence-electron chi connectivity index (χ1n) is 11.0. The number of anilines is 1. The monoisotopic (exact) mass is 484 g/mol. The molecule has 0 bridgehead atoms. The van der Waals surface area contributed by atoms with Crippen molar-refractivity contribution in [3.8, 4) is 11.5 Å². The van der Waals surface area contributed by atoms with Gasteiger partial charge < -0.3 is 14.6 Å². The van der Waals surface area contributed by atoms with Gasteiger partial charge >= 0.3 is 5.97 Å². The second-order valence-electron chi connectivity index (χ2n) is 8.61. The minimum atomic E-state index is -1.37. The van der Waals surface area contributed by atoms with Gasteiger partial charge in [-0.2, -0.15) is 11.8 Å². The van der Waals surface area contributed by atoms with Crippen molar-refractivity contribution in [3.05, 3.63) is 53.6 Å². The SMILES string of the molecule is COC(=O)[C@]1(CCSC)N[C@H](c2ccc(O)c(OC)c2)[C@@H]2C(=O)N(c3ccc(C)cc3)C(=O)[C@@H]21. The molecule has 2 heterocycles. The summed E-state index contributed by atoms with van der Waals surface area (Å²) in [6.45, 7) is 1.93. The van der Waals surface area contributed by atoms with Crippen molar-refractivity contribution in [1.29, 1.82) is 0 Å². The summed E-state index contributed by atoms with van der Waals surface area (Å²) in [5, 5.41) is 13.4. The van der Waals surface area contributed by atoms with E-state index in [-0.39, 0.29) is 17.4 Å². The maximum atomic E-state index is 13.8. The van der Waals surface area contributed by atoms with Crippen LogP contribution in [0.5, 0.6) is 11.5 Å². The number of hydrogen-bond donors (Lipinski definition) is 2. The first-order valence-corrected chi connectivity index (χ1v) is 12.3. The van der Waals surface area contributed by atoms with Crippen LogP contribution in [0.15, 0.2) is 42.5 Å². The Kier molecular flexibility index (Phi) is 6.60. The number of rotatable bonds is 7. The number of carbonyl (C=O) groups excluding carboxylic acids is 3. The molecule has 0 radical (unpaired) electrons. The van der Waals surface area contributed by atoms with Crippen molar-refractivity contribution < 1.29 is 29.0 Å². The van der Waals surface area contributed by atoms with E-state index >= 15 is 0 Å². The highest BCUT2D eigenvalue weighted by Crippen LogP contribution is 2.52. The van der Waals surface area contributed by atoms with Gasteiger partial charge in [0.05, 0.1) is 31.7 Å². The molecule has 0 saturated carbocycles. The van der Waals surface area contributed by atoms with Crippen molar-refractivity contribution in [2.45, 2.75) is 24.9 Å². The van der Waals surface area contributed by atoms with Crippen LogP contribution in [0.1, 0.15) is 23.6 Å². The number of aryl methyl sites for hydroxylation is 1. The third-order valence-electron chi connectivity index (χ3n) is 6.76. The molecule has 180 valence electrons. The molecule has 2 fully saturated rings. The average Bonchev–Trinajstić information content (AvgIpc) is 3.32. The second kappa shape index (κ2) is 9.31. The number of ether oxygens (including phenoxy) is 2. The summed E-state index contributed by atoms with van der Waals surface area (Å²) in [7, 11) is 2.72. The number of aromatic hydroxyl groups is 1. The molecule has 0 spiro atoms. The van der Waals surface area contributed by atoms with E-state index in [9.17, 15) is 19.5 Å². The molecule has 0 unspecified atom stereocenters. The third kappa shape index (κ3) is 3.73. The number of imide groups is 1. The number of esters is 1. The Morgan fingerprint density at radius 2 is 1.85 bits per heavy atom. The van der Waals surface area contributed by atoms with Gasteiger partial charge in [0, 0.05) is 6.04 Å². The summed E-state index contributed by atoms with van der Waals surface area (Å²) in [6, 6.07) is 11.3. The van der Waals surface area contributed by atoms with E-state index in [2.05, 4.69) is 5.32 Å². The van der Waals surface area contributed by atoms with E-state index in [4.69, 9.17) is 9.47 Å². The van der Waals surface area contributed by atoms with Crippen LogP contribution in [0.2, 0.25) is 0 Å². The van der Waals surface area contributed by atoms with Crippen LogP contribution >= 0.6 is 11.8 Å². The lowest BCUT2D eigenvalue weighted by Gasteiger charge is -2.32. The fourth-order valence-corrected chi connectivity index (χ4v) is 5.62. The van der Waals surface area contributed by atoms with E-state index in [1.807, 2.05) is 25.3 Å². The Morgan fingerprint density at radius 3 is 2.47 bits per heavy atom. The van der Waals surface area contributed by atoms with Gasteiger partial charge in [0.15, 0.2) is 11.5 Å².